The zero-order chi connectivity index (χ0) is 26.4. The highest BCUT2D eigenvalue weighted by atomic mass is 16.2. The first-order valence-electron chi connectivity index (χ1n) is 13.1. The fourth-order valence-corrected chi connectivity index (χ4v) is 5.82. The molecule has 0 saturated heterocycles. The van der Waals surface area contributed by atoms with Crippen LogP contribution in [0.2, 0.25) is 0 Å². The summed E-state index contributed by atoms with van der Waals surface area (Å²) in [6.45, 7) is 4.19. The monoisotopic (exact) mass is 506 g/mol. The Hall–Kier alpha value is -4.39. The number of para-hydroxylation sites is 1. The molecular weight excluding hydrogens is 476 g/mol. The summed E-state index contributed by atoms with van der Waals surface area (Å²) in [6.07, 6.45) is 0.373. The van der Waals surface area contributed by atoms with E-state index in [0.717, 1.165) is 33.3 Å². The van der Waals surface area contributed by atoms with Crippen LogP contribution in [0.1, 0.15) is 52.6 Å². The number of aromatic amines is 1. The molecule has 192 valence electrons. The molecule has 2 aliphatic heterocycles. The van der Waals surface area contributed by atoms with Crippen LogP contribution in [0.15, 0.2) is 78.9 Å². The van der Waals surface area contributed by atoms with Gasteiger partial charge in [-0.15, -0.1) is 0 Å². The van der Waals surface area contributed by atoms with E-state index in [0.29, 0.717) is 18.5 Å². The number of amides is 3. The van der Waals surface area contributed by atoms with Gasteiger partial charge in [0.1, 0.15) is 12.1 Å². The summed E-state index contributed by atoms with van der Waals surface area (Å²) in [5.74, 6) is -0.858. The average Bonchev–Trinajstić information content (AvgIpc) is 3.46. The number of nitrogens with zero attached hydrogens (tertiary/aromatic N) is 1. The normalized spacial score (nSPS) is 18.6. The van der Waals surface area contributed by atoms with Crippen molar-refractivity contribution in [2.45, 2.75) is 44.9 Å². The Morgan fingerprint density at radius 2 is 1.68 bits per heavy atom. The molecule has 4 aromatic rings. The summed E-state index contributed by atoms with van der Waals surface area (Å²) in [5, 5.41) is 7.01. The third kappa shape index (κ3) is 3.95. The summed E-state index contributed by atoms with van der Waals surface area (Å²) in [6, 6.07) is 23.4. The topological polar surface area (TPSA) is 94.3 Å². The van der Waals surface area contributed by atoms with E-state index in [1.165, 1.54) is 0 Å². The van der Waals surface area contributed by atoms with Crippen LogP contribution in [0.4, 0.5) is 0 Å². The lowest BCUT2D eigenvalue weighted by Crippen LogP contribution is -2.57. The smallest absolute Gasteiger partial charge is 0.255 e. The van der Waals surface area contributed by atoms with E-state index < -0.39 is 12.1 Å². The minimum Gasteiger partial charge on any atom is -0.356 e. The maximum atomic E-state index is 13.9. The maximum Gasteiger partial charge on any atom is 0.255 e. The van der Waals surface area contributed by atoms with Crippen LogP contribution >= 0.6 is 0 Å². The molecule has 0 unspecified atom stereocenters. The Balaban J connectivity index is 1.32. The first-order valence-corrected chi connectivity index (χ1v) is 13.1. The van der Waals surface area contributed by atoms with Crippen LogP contribution in [-0.4, -0.2) is 39.7 Å². The molecule has 0 spiro atoms. The van der Waals surface area contributed by atoms with Crippen molar-refractivity contribution in [2.24, 2.45) is 5.92 Å². The van der Waals surface area contributed by atoms with Gasteiger partial charge in [0.05, 0.1) is 6.04 Å². The second-order valence-corrected chi connectivity index (χ2v) is 10.4. The van der Waals surface area contributed by atoms with Crippen molar-refractivity contribution in [1.82, 2.24) is 20.5 Å². The van der Waals surface area contributed by atoms with Gasteiger partial charge in [-0.3, -0.25) is 14.4 Å². The predicted molar refractivity (Wildman–Crippen MR) is 145 cm³/mol. The number of carbonyl (C=O) groups is 3. The van der Waals surface area contributed by atoms with Gasteiger partial charge >= 0.3 is 0 Å². The number of aromatic nitrogens is 1. The largest absolute Gasteiger partial charge is 0.356 e. The van der Waals surface area contributed by atoms with Gasteiger partial charge in [0.2, 0.25) is 11.8 Å². The van der Waals surface area contributed by atoms with E-state index >= 15 is 0 Å². The summed E-state index contributed by atoms with van der Waals surface area (Å²) in [7, 11) is 0. The van der Waals surface area contributed by atoms with Gasteiger partial charge in [0, 0.05) is 35.1 Å². The molecule has 7 heteroatoms. The van der Waals surface area contributed by atoms with Crippen LogP contribution in [0.3, 0.4) is 0 Å². The average molecular weight is 507 g/mol. The molecule has 0 radical (unpaired) electrons. The molecule has 1 aromatic heterocycles. The van der Waals surface area contributed by atoms with Crippen molar-refractivity contribution >= 4 is 28.6 Å². The zero-order valence-electron chi connectivity index (χ0n) is 21.4. The van der Waals surface area contributed by atoms with E-state index in [1.807, 2.05) is 92.7 Å². The lowest BCUT2D eigenvalue weighted by molar-refractivity contribution is -0.133. The Kier molecular flexibility index (Phi) is 5.98. The molecule has 0 aliphatic carbocycles. The molecule has 7 nitrogen and oxygen atoms in total. The van der Waals surface area contributed by atoms with Gasteiger partial charge in [0.25, 0.3) is 5.91 Å². The Morgan fingerprint density at radius 3 is 2.47 bits per heavy atom. The van der Waals surface area contributed by atoms with E-state index in [9.17, 15) is 14.4 Å². The molecule has 3 atom stereocenters. The quantitative estimate of drug-likeness (QED) is 0.368. The number of rotatable bonds is 6. The second kappa shape index (κ2) is 9.49. The van der Waals surface area contributed by atoms with Gasteiger partial charge in [-0.05, 0) is 34.7 Å². The van der Waals surface area contributed by atoms with Gasteiger partial charge in [-0.1, -0.05) is 80.6 Å². The highest BCUT2D eigenvalue weighted by molar-refractivity contribution is 6.04. The third-order valence-electron chi connectivity index (χ3n) is 7.71. The van der Waals surface area contributed by atoms with Gasteiger partial charge in [-0.2, -0.15) is 0 Å². The SMILES string of the molecule is CC(C)[C@H](NC(=O)[C@H]1Cc2c([nH]c3ccccc23)[C@H]2c3ccccc3C(=O)N21)C(=O)NCc1ccccc1. The van der Waals surface area contributed by atoms with E-state index in [1.54, 1.807) is 4.90 Å². The highest BCUT2D eigenvalue weighted by Crippen LogP contribution is 2.46. The Bertz CT molecular complexity index is 1540. The van der Waals surface area contributed by atoms with Crippen molar-refractivity contribution in [3.8, 4) is 0 Å². The van der Waals surface area contributed by atoms with Crippen molar-refractivity contribution in [3.05, 3.63) is 107 Å². The second-order valence-electron chi connectivity index (χ2n) is 10.4. The standard InChI is InChI=1S/C31H30N4O3/c1-18(2)26(30(37)32-17-19-10-4-3-5-11-19)34-29(36)25-16-23-20-12-8-9-15-24(20)33-27(23)28-21-13-6-7-14-22(21)31(38)35(25)28/h3-15,18,25-26,28,33H,16-17H2,1-2H3,(H,32,37)(H,34,36)/t25-,26+,28-/m1/s1. The maximum absolute atomic E-state index is 13.9. The molecule has 2 aliphatic rings. The predicted octanol–water partition coefficient (Wildman–Crippen LogP) is 4.10. The summed E-state index contributed by atoms with van der Waals surface area (Å²) in [5.41, 5.74) is 5.47. The van der Waals surface area contributed by atoms with E-state index in [4.69, 9.17) is 0 Å². The molecule has 38 heavy (non-hydrogen) atoms. The molecule has 0 fully saturated rings. The number of fused-ring (bicyclic) bond motifs is 7. The summed E-state index contributed by atoms with van der Waals surface area (Å²) < 4.78 is 0. The highest BCUT2D eigenvalue weighted by Gasteiger charge is 2.49. The third-order valence-corrected chi connectivity index (χ3v) is 7.71. The van der Waals surface area contributed by atoms with Crippen LogP contribution in [0.25, 0.3) is 10.9 Å². The molecule has 0 saturated carbocycles. The minimum atomic E-state index is -0.741. The number of hydrogen-bond donors (Lipinski definition) is 3. The molecular formula is C31H30N4O3. The van der Waals surface area contributed by atoms with Crippen LogP contribution < -0.4 is 10.6 Å². The molecule has 3 amide bonds. The van der Waals surface area contributed by atoms with Gasteiger partial charge in [0.15, 0.2) is 0 Å². The molecule has 0 bridgehead atoms. The van der Waals surface area contributed by atoms with E-state index in [2.05, 4.69) is 15.6 Å². The lowest BCUT2D eigenvalue weighted by Gasteiger charge is -2.38. The first kappa shape index (κ1) is 24.0. The fourth-order valence-electron chi connectivity index (χ4n) is 5.82. The van der Waals surface area contributed by atoms with Crippen LogP contribution in [-0.2, 0) is 22.6 Å². The number of nitrogens with one attached hydrogen (secondary N) is 3. The lowest BCUT2D eigenvalue weighted by atomic mass is 9.89. The molecule has 3 N–H and O–H groups in total. The zero-order valence-corrected chi connectivity index (χ0v) is 21.4. The van der Waals surface area contributed by atoms with Crippen molar-refractivity contribution in [3.63, 3.8) is 0 Å². The van der Waals surface area contributed by atoms with Gasteiger partial charge < -0.3 is 20.5 Å². The number of carbonyl (C=O) groups excluding carboxylic acids is 3. The molecule has 6 rings (SSSR count). The molecule has 3 aromatic carbocycles. The van der Waals surface area contributed by atoms with E-state index in [-0.39, 0.29) is 29.7 Å². The summed E-state index contributed by atoms with van der Waals surface area (Å²) in [4.78, 5) is 45.9. The molecule has 3 heterocycles. The van der Waals surface area contributed by atoms with Gasteiger partial charge in [-0.25, -0.2) is 0 Å². The van der Waals surface area contributed by atoms with Crippen LogP contribution in [0, 0.1) is 5.92 Å². The fraction of sp³-hybridized carbons (Fsp3) is 0.258. The van der Waals surface area contributed by atoms with Crippen LogP contribution in [0.5, 0.6) is 0 Å². The minimum absolute atomic E-state index is 0.135. The summed E-state index contributed by atoms with van der Waals surface area (Å²) >= 11 is 0. The van der Waals surface area contributed by atoms with Crippen molar-refractivity contribution in [2.75, 3.05) is 0 Å². The Labute approximate surface area is 221 Å². The number of benzene rings is 3. The first-order chi connectivity index (χ1) is 18.4. The number of H-pyrrole nitrogens is 1. The van der Waals surface area contributed by atoms with Crippen molar-refractivity contribution in [1.29, 1.82) is 0 Å². The number of hydrogen-bond acceptors (Lipinski definition) is 3. The Morgan fingerprint density at radius 1 is 0.974 bits per heavy atom. The van der Waals surface area contributed by atoms with Crippen molar-refractivity contribution < 1.29 is 14.4 Å².